The van der Waals surface area contributed by atoms with Crippen molar-refractivity contribution in [3.63, 3.8) is 0 Å². The van der Waals surface area contributed by atoms with Crippen LogP contribution in [0.4, 0.5) is 0 Å². The van der Waals surface area contributed by atoms with Gasteiger partial charge < -0.3 is 4.57 Å². The average Bonchev–Trinajstić information content (AvgIpc) is 3.76. The number of aryl methyl sites for hydroxylation is 1. The minimum Gasteiger partial charge on any atom is -0.309 e. The third-order valence-electron chi connectivity index (χ3n) is 9.63. The number of pyridine rings is 1. The molecule has 0 saturated heterocycles. The van der Waals surface area contributed by atoms with Gasteiger partial charge >= 0.3 is 0 Å². The first-order chi connectivity index (χ1) is 23.2. The maximum Gasteiger partial charge on any atom is 0.155 e. The molecule has 4 heteroatoms. The molecule has 3 nitrogen and oxygen atoms in total. The van der Waals surface area contributed by atoms with E-state index in [1.165, 1.54) is 86.2 Å². The second-order valence-electron chi connectivity index (χ2n) is 12.5. The normalized spacial score (nSPS) is 12.0. The van der Waals surface area contributed by atoms with Gasteiger partial charge in [0.05, 0.1) is 26.8 Å². The molecule has 47 heavy (non-hydrogen) atoms. The summed E-state index contributed by atoms with van der Waals surface area (Å²) < 4.78 is 7.28. The molecule has 0 bridgehead atoms. The fourth-order valence-electron chi connectivity index (χ4n) is 7.54. The van der Waals surface area contributed by atoms with Crippen LogP contribution < -0.4 is 0 Å². The molecular formula is C43H29N3S. The summed E-state index contributed by atoms with van der Waals surface area (Å²) in [6.45, 7) is 2.17. The van der Waals surface area contributed by atoms with Crippen LogP contribution in [-0.2, 0) is 6.42 Å². The molecule has 0 aliphatic rings. The van der Waals surface area contributed by atoms with Gasteiger partial charge in [0.2, 0.25) is 0 Å². The topological polar surface area (TPSA) is 22.8 Å². The van der Waals surface area contributed by atoms with Crippen LogP contribution in [0.2, 0.25) is 0 Å². The molecule has 0 saturated carbocycles. The Morgan fingerprint density at radius 3 is 2.11 bits per heavy atom. The van der Waals surface area contributed by atoms with Crippen LogP contribution in [-0.4, -0.2) is 14.1 Å². The molecule has 6 aromatic carbocycles. The van der Waals surface area contributed by atoms with Gasteiger partial charge in [-0.25, -0.2) is 4.98 Å². The zero-order chi connectivity index (χ0) is 31.1. The monoisotopic (exact) mass is 619 g/mol. The summed E-state index contributed by atoms with van der Waals surface area (Å²) in [5.41, 5.74) is 9.91. The molecule has 10 aromatic rings. The number of hydrogen-bond acceptors (Lipinski definition) is 2. The minimum absolute atomic E-state index is 0.852. The van der Waals surface area contributed by atoms with Gasteiger partial charge in [-0.2, -0.15) is 0 Å². The van der Waals surface area contributed by atoms with Crippen LogP contribution in [0, 0.1) is 6.92 Å². The van der Waals surface area contributed by atoms with E-state index < -0.39 is 0 Å². The summed E-state index contributed by atoms with van der Waals surface area (Å²) in [4.78, 5) is 4.99. The third-order valence-corrected chi connectivity index (χ3v) is 10.8. The Bertz CT molecular complexity index is 2830. The van der Waals surface area contributed by atoms with E-state index in [1.807, 2.05) is 17.5 Å². The minimum atomic E-state index is 0.852. The highest BCUT2D eigenvalue weighted by atomic mass is 32.1. The van der Waals surface area contributed by atoms with Gasteiger partial charge in [0.25, 0.3) is 0 Å². The first-order valence-electron chi connectivity index (χ1n) is 16.1. The zero-order valence-corrected chi connectivity index (χ0v) is 26.6. The molecule has 0 spiro atoms. The molecule has 0 unspecified atom stereocenters. The maximum absolute atomic E-state index is 4.99. The van der Waals surface area contributed by atoms with Crippen molar-refractivity contribution in [2.75, 3.05) is 0 Å². The van der Waals surface area contributed by atoms with Gasteiger partial charge in [-0.3, -0.25) is 4.57 Å². The number of rotatable bonds is 4. The average molecular weight is 620 g/mol. The molecule has 222 valence electrons. The predicted octanol–water partition coefficient (Wildman–Crippen LogP) is 11.5. The van der Waals surface area contributed by atoms with Crippen molar-refractivity contribution >= 4 is 75.1 Å². The second kappa shape index (κ2) is 10.1. The number of para-hydroxylation sites is 2. The molecule has 0 aliphatic heterocycles. The summed E-state index contributed by atoms with van der Waals surface area (Å²) in [7, 11) is 0. The molecular weight excluding hydrogens is 591 g/mol. The number of fused-ring (bicyclic) bond motifs is 9. The highest BCUT2D eigenvalue weighted by molar-refractivity contribution is 7.26. The van der Waals surface area contributed by atoms with Crippen LogP contribution in [0.1, 0.15) is 16.7 Å². The van der Waals surface area contributed by atoms with Crippen molar-refractivity contribution < 1.29 is 0 Å². The van der Waals surface area contributed by atoms with Gasteiger partial charge in [-0.05, 0) is 85.1 Å². The standard InChI is InChI=1S/C43H29N3S/c1-27-15-19-38-35(23-27)32-18-16-29(26-40(32)45(38)30-9-3-2-4-10-30)24-28-17-20-39-36(25-28)31-11-5-7-13-37(31)46(39)43-42-34(21-22-44-43)33-12-6-8-14-41(33)47-42/h2-23,25-26H,24H2,1H3. The van der Waals surface area contributed by atoms with Gasteiger partial charge in [0.1, 0.15) is 0 Å². The predicted molar refractivity (Wildman–Crippen MR) is 200 cm³/mol. The van der Waals surface area contributed by atoms with E-state index in [2.05, 4.69) is 156 Å². The van der Waals surface area contributed by atoms with E-state index in [0.29, 0.717) is 0 Å². The van der Waals surface area contributed by atoms with Crippen molar-refractivity contribution in [1.29, 1.82) is 0 Å². The Morgan fingerprint density at radius 1 is 0.511 bits per heavy atom. The van der Waals surface area contributed by atoms with Crippen molar-refractivity contribution in [1.82, 2.24) is 14.1 Å². The van der Waals surface area contributed by atoms with Crippen LogP contribution in [0.15, 0.2) is 146 Å². The van der Waals surface area contributed by atoms with E-state index in [0.717, 1.165) is 12.2 Å². The lowest BCUT2D eigenvalue weighted by Gasteiger charge is -2.10. The lowest BCUT2D eigenvalue weighted by atomic mass is 10.0. The summed E-state index contributed by atoms with van der Waals surface area (Å²) in [5.74, 6) is 0.997. The van der Waals surface area contributed by atoms with E-state index in [-0.39, 0.29) is 0 Å². The summed E-state index contributed by atoms with van der Waals surface area (Å²) in [6, 6.07) is 51.0. The molecule has 0 radical (unpaired) electrons. The first kappa shape index (κ1) is 26.5. The van der Waals surface area contributed by atoms with E-state index >= 15 is 0 Å². The van der Waals surface area contributed by atoms with E-state index in [4.69, 9.17) is 4.98 Å². The van der Waals surface area contributed by atoms with Crippen molar-refractivity contribution in [3.05, 3.63) is 162 Å². The Hall–Kier alpha value is -5.71. The van der Waals surface area contributed by atoms with Crippen LogP contribution in [0.5, 0.6) is 0 Å². The zero-order valence-electron chi connectivity index (χ0n) is 25.8. The van der Waals surface area contributed by atoms with Gasteiger partial charge in [0, 0.05) is 48.9 Å². The fourth-order valence-corrected chi connectivity index (χ4v) is 8.71. The van der Waals surface area contributed by atoms with Gasteiger partial charge in [0.15, 0.2) is 5.82 Å². The van der Waals surface area contributed by atoms with Crippen molar-refractivity contribution in [2.24, 2.45) is 0 Å². The Labute approximate surface area is 275 Å². The highest BCUT2D eigenvalue weighted by Gasteiger charge is 2.18. The molecule has 4 heterocycles. The molecule has 10 rings (SSSR count). The first-order valence-corrected chi connectivity index (χ1v) is 16.9. The molecule has 0 N–H and O–H groups in total. The lowest BCUT2D eigenvalue weighted by molar-refractivity contribution is 1.10. The summed E-state index contributed by atoms with van der Waals surface area (Å²) >= 11 is 1.83. The largest absolute Gasteiger partial charge is 0.309 e. The van der Waals surface area contributed by atoms with Crippen LogP contribution in [0.25, 0.3) is 75.3 Å². The summed E-state index contributed by atoms with van der Waals surface area (Å²) in [5, 5.41) is 7.64. The maximum atomic E-state index is 4.99. The number of thiophene rings is 1. The third kappa shape index (κ3) is 4.02. The Balaban J connectivity index is 1.13. The molecule has 0 atom stereocenters. The smallest absolute Gasteiger partial charge is 0.155 e. The molecule has 0 amide bonds. The SMILES string of the molecule is Cc1ccc2c(c1)c1ccc(Cc3ccc4c(c3)c3ccccc3n4-c3nccc4c3sc3ccccc34)cc1n2-c1ccccc1. The van der Waals surface area contributed by atoms with Crippen molar-refractivity contribution in [3.8, 4) is 11.5 Å². The molecule has 0 aliphatic carbocycles. The number of nitrogens with zero attached hydrogens (tertiary/aromatic N) is 3. The van der Waals surface area contributed by atoms with E-state index in [9.17, 15) is 0 Å². The number of aromatic nitrogens is 3. The number of benzene rings is 6. The molecule has 0 fully saturated rings. The van der Waals surface area contributed by atoms with E-state index in [1.54, 1.807) is 0 Å². The lowest BCUT2D eigenvalue weighted by Crippen LogP contribution is -1.97. The number of hydrogen-bond donors (Lipinski definition) is 0. The quantitative estimate of drug-likeness (QED) is 0.192. The van der Waals surface area contributed by atoms with Gasteiger partial charge in [-0.1, -0.05) is 84.4 Å². The Morgan fingerprint density at radius 2 is 1.19 bits per heavy atom. The van der Waals surface area contributed by atoms with Crippen LogP contribution in [0.3, 0.4) is 0 Å². The van der Waals surface area contributed by atoms with Crippen LogP contribution >= 0.6 is 11.3 Å². The fraction of sp³-hybridized carbons (Fsp3) is 0.0465. The molecule has 4 aromatic heterocycles. The highest BCUT2D eigenvalue weighted by Crippen LogP contribution is 2.40. The Kier molecular flexibility index (Phi) is 5.72. The second-order valence-corrected chi connectivity index (χ2v) is 13.6. The summed E-state index contributed by atoms with van der Waals surface area (Å²) in [6.07, 6.45) is 2.81. The van der Waals surface area contributed by atoms with Crippen molar-refractivity contribution in [2.45, 2.75) is 13.3 Å². The van der Waals surface area contributed by atoms with Gasteiger partial charge in [-0.15, -0.1) is 11.3 Å².